The van der Waals surface area contributed by atoms with E-state index < -0.39 is 5.91 Å². The van der Waals surface area contributed by atoms with Gasteiger partial charge in [0.05, 0.1) is 6.04 Å². The lowest BCUT2D eigenvalue weighted by molar-refractivity contribution is 0.0706. The molecule has 2 amide bonds. The molecule has 1 aromatic heterocycles. The molecule has 6 heteroatoms. The number of amides is 2. The molecule has 0 unspecified atom stereocenters. The number of hydrogen-bond acceptors (Lipinski definition) is 3. The fourth-order valence-electron chi connectivity index (χ4n) is 1.82. The van der Waals surface area contributed by atoms with Crippen LogP contribution in [0.1, 0.15) is 39.4 Å². The standard InChI is InChI=1S/C14H15N3O3/c1-9(16-14(19)12-3-2-8-15-12)10-4-6-11(7-5-10)13(18)17-20/h2-9,15,20H,1H3,(H,16,19)(H,17,18)/t9-/m1/s1. The van der Waals surface area contributed by atoms with E-state index in [0.717, 1.165) is 5.56 Å². The van der Waals surface area contributed by atoms with Gasteiger partial charge in [-0.15, -0.1) is 0 Å². The first-order valence-electron chi connectivity index (χ1n) is 6.10. The zero-order valence-electron chi connectivity index (χ0n) is 10.9. The van der Waals surface area contributed by atoms with Gasteiger partial charge in [0.15, 0.2) is 0 Å². The molecule has 0 radical (unpaired) electrons. The SMILES string of the molecule is C[C@@H](NC(=O)c1ccc[nH]1)c1ccc(C(=O)NO)cc1. The lowest BCUT2D eigenvalue weighted by Gasteiger charge is -2.14. The maximum absolute atomic E-state index is 11.9. The van der Waals surface area contributed by atoms with Crippen LogP contribution in [-0.4, -0.2) is 22.0 Å². The predicted molar refractivity (Wildman–Crippen MR) is 72.4 cm³/mol. The van der Waals surface area contributed by atoms with Gasteiger partial charge >= 0.3 is 0 Å². The molecule has 1 heterocycles. The average molecular weight is 273 g/mol. The molecule has 0 fully saturated rings. The van der Waals surface area contributed by atoms with E-state index in [1.807, 2.05) is 6.92 Å². The number of carbonyl (C=O) groups excluding carboxylic acids is 2. The second-order valence-corrected chi connectivity index (χ2v) is 4.34. The summed E-state index contributed by atoms with van der Waals surface area (Å²) >= 11 is 0. The molecule has 1 aromatic carbocycles. The highest BCUT2D eigenvalue weighted by Crippen LogP contribution is 2.14. The molecular formula is C14H15N3O3. The lowest BCUT2D eigenvalue weighted by atomic mass is 10.1. The Hall–Kier alpha value is -2.60. The van der Waals surface area contributed by atoms with Crippen LogP contribution in [0.2, 0.25) is 0 Å². The van der Waals surface area contributed by atoms with Crippen molar-refractivity contribution < 1.29 is 14.8 Å². The van der Waals surface area contributed by atoms with Crippen LogP contribution in [0.4, 0.5) is 0 Å². The number of benzene rings is 1. The Labute approximate surface area is 115 Å². The van der Waals surface area contributed by atoms with Gasteiger partial charge in [0.2, 0.25) is 0 Å². The minimum atomic E-state index is -0.570. The van der Waals surface area contributed by atoms with Gasteiger partial charge in [-0.25, -0.2) is 5.48 Å². The summed E-state index contributed by atoms with van der Waals surface area (Å²) in [6, 6.07) is 9.86. The molecule has 20 heavy (non-hydrogen) atoms. The monoisotopic (exact) mass is 273 g/mol. The molecule has 0 bridgehead atoms. The Balaban J connectivity index is 2.04. The number of aromatic nitrogens is 1. The van der Waals surface area contributed by atoms with Crippen molar-refractivity contribution in [1.82, 2.24) is 15.8 Å². The topological polar surface area (TPSA) is 94.2 Å². The highest BCUT2D eigenvalue weighted by Gasteiger charge is 2.12. The fraction of sp³-hybridized carbons (Fsp3) is 0.143. The number of nitrogens with one attached hydrogen (secondary N) is 3. The summed E-state index contributed by atoms with van der Waals surface area (Å²) in [5.74, 6) is -0.765. The number of carbonyl (C=O) groups is 2. The van der Waals surface area contributed by atoms with E-state index in [0.29, 0.717) is 11.3 Å². The third kappa shape index (κ3) is 3.04. The summed E-state index contributed by atoms with van der Waals surface area (Å²) in [5, 5.41) is 11.4. The summed E-state index contributed by atoms with van der Waals surface area (Å²) < 4.78 is 0. The summed E-state index contributed by atoms with van der Waals surface area (Å²) in [6.45, 7) is 1.85. The van der Waals surface area contributed by atoms with Crippen molar-refractivity contribution in [3.05, 3.63) is 59.4 Å². The van der Waals surface area contributed by atoms with E-state index in [9.17, 15) is 9.59 Å². The Kier molecular flexibility index (Phi) is 4.17. The van der Waals surface area contributed by atoms with E-state index in [1.54, 1.807) is 48.1 Å². The predicted octanol–water partition coefficient (Wildman–Crippen LogP) is 1.62. The third-order valence-corrected chi connectivity index (χ3v) is 2.96. The molecular weight excluding hydrogens is 258 g/mol. The quantitative estimate of drug-likeness (QED) is 0.503. The van der Waals surface area contributed by atoms with Crippen LogP contribution in [0.5, 0.6) is 0 Å². The summed E-state index contributed by atoms with van der Waals surface area (Å²) in [6.07, 6.45) is 1.68. The normalized spacial score (nSPS) is 11.7. The lowest BCUT2D eigenvalue weighted by Crippen LogP contribution is -2.27. The summed E-state index contributed by atoms with van der Waals surface area (Å²) in [4.78, 5) is 25.9. The number of hydrogen-bond donors (Lipinski definition) is 4. The van der Waals surface area contributed by atoms with Crippen LogP contribution < -0.4 is 10.8 Å². The van der Waals surface area contributed by atoms with Crippen molar-refractivity contribution in [2.45, 2.75) is 13.0 Å². The van der Waals surface area contributed by atoms with Gasteiger partial charge in [-0.05, 0) is 36.8 Å². The molecule has 0 saturated carbocycles. The molecule has 2 rings (SSSR count). The van der Waals surface area contributed by atoms with Crippen molar-refractivity contribution in [1.29, 1.82) is 0 Å². The van der Waals surface area contributed by atoms with Crippen LogP contribution in [0, 0.1) is 0 Å². The molecule has 1 atom stereocenters. The first-order chi connectivity index (χ1) is 9.61. The van der Waals surface area contributed by atoms with Crippen molar-refractivity contribution in [2.75, 3.05) is 0 Å². The van der Waals surface area contributed by atoms with E-state index in [4.69, 9.17) is 5.21 Å². The largest absolute Gasteiger partial charge is 0.357 e. The number of H-pyrrole nitrogens is 1. The second kappa shape index (κ2) is 6.03. The number of rotatable bonds is 4. The molecule has 4 N–H and O–H groups in total. The molecule has 2 aromatic rings. The Bertz CT molecular complexity index is 591. The van der Waals surface area contributed by atoms with Gasteiger partial charge in [0.1, 0.15) is 5.69 Å². The minimum Gasteiger partial charge on any atom is -0.357 e. The van der Waals surface area contributed by atoms with Crippen molar-refractivity contribution >= 4 is 11.8 Å². The van der Waals surface area contributed by atoms with Crippen LogP contribution >= 0.6 is 0 Å². The zero-order chi connectivity index (χ0) is 14.5. The van der Waals surface area contributed by atoms with E-state index in [-0.39, 0.29) is 11.9 Å². The Morgan fingerprint density at radius 2 is 1.85 bits per heavy atom. The third-order valence-electron chi connectivity index (χ3n) is 2.96. The number of hydroxylamine groups is 1. The van der Waals surface area contributed by atoms with Gasteiger partial charge in [-0.2, -0.15) is 0 Å². The Morgan fingerprint density at radius 3 is 2.40 bits per heavy atom. The van der Waals surface area contributed by atoms with Gasteiger partial charge in [0, 0.05) is 11.8 Å². The van der Waals surface area contributed by atoms with Crippen molar-refractivity contribution in [3.8, 4) is 0 Å². The van der Waals surface area contributed by atoms with Gasteiger partial charge in [-0.3, -0.25) is 14.8 Å². The van der Waals surface area contributed by atoms with Crippen molar-refractivity contribution in [2.24, 2.45) is 0 Å². The van der Waals surface area contributed by atoms with Crippen LogP contribution in [0.25, 0.3) is 0 Å². The molecule has 0 spiro atoms. The van der Waals surface area contributed by atoms with Crippen LogP contribution in [0.3, 0.4) is 0 Å². The molecule has 0 aliphatic carbocycles. The molecule has 6 nitrogen and oxygen atoms in total. The van der Waals surface area contributed by atoms with Crippen molar-refractivity contribution in [3.63, 3.8) is 0 Å². The van der Waals surface area contributed by atoms with Crippen LogP contribution in [0.15, 0.2) is 42.6 Å². The highest BCUT2D eigenvalue weighted by molar-refractivity contribution is 5.93. The van der Waals surface area contributed by atoms with Gasteiger partial charge < -0.3 is 10.3 Å². The maximum atomic E-state index is 11.9. The first-order valence-corrected chi connectivity index (χ1v) is 6.10. The maximum Gasteiger partial charge on any atom is 0.274 e. The molecule has 0 saturated heterocycles. The van der Waals surface area contributed by atoms with Gasteiger partial charge in [0.25, 0.3) is 11.8 Å². The molecule has 104 valence electrons. The first kappa shape index (κ1) is 13.8. The van der Waals surface area contributed by atoms with E-state index >= 15 is 0 Å². The van der Waals surface area contributed by atoms with Gasteiger partial charge in [-0.1, -0.05) is 12.1 Å². The molecule has 0 aliphatic rings. The van der Waals surface area contributed by atoms with E-state index in [1.165, 1.54) is 0 Å². The fourth-order valence-corrected chi connectivity index (χ4v) is 1.82. The van der Waals surface area contributed by atoms with E-state index in [2.05, 4.69) is 10.3 Å². The summed E-state index contributed by atoms with van der Waals surface area (Å²) in [7, 11) is 0. The second-order valence-electron chi connectivity index (χ2n) is 4.34. The smallest absolute Gasteiger partial charge is 0.274 e. The highest BCUT2D eigenvalue weighted by atomic mass is 16.5. The average Bonchev–Trinajstić information content (AvgIpc) is 3.01. The zero-order valence-corrected chi connectivity index (χ0v) is 10.9. The Morgan fingerprint density at radius 1 is 1.15 bits per heavy atom. The molecule has 0 aliphatic heterocycles. The summed E-state index contributed by atoms with van der Waals surface area (Å²) in [5.41, 5.74) is 3.27. The minimum absolute atomic E-state index is 0.195. The van der Waals surface area contributed by atoms with Crippen LogP contribution in [-0.2, 0) is 0 Å². The number of aromatic amines is 1.